The van der Waals surface area contributed by atoms with Crippen LogP contribution in [0.4, 0.5) is 0 Å². The van der Waals surface area contributed by atoms with Gasteiger partial charge in [-0.1, -0.05) is 57.9 Å². The molecule has 0 aliphatic carbocycles. The highest BCUT2D eigenvalue weighted by Gasteiger charge is 2.09. The lowest BCUT2D eigenvalue weighted by atomic mass is 10.0. The summed E-state index contributed by atoms with van der Waals surface area (Å²) in [5.74, 6) is -0.413. The molecule has 29 heavy (non-hydrogen) atoms. The van der Waals surface area contributed by atoms with E-state index in [4.69, 9.17) is 21.4 Å². The first-order valence-electron chi connectivity index (χ1n) is 8.59. The molecule has 144 valence electrons. The number of aromatic carboxylic acids is 1. The quantitative estimate of drug-likeness (QED) is 0.334. The van der Waals surface area contributed by atoms with E-state index < -0.39 is 5.97 Å². The van der Waals surface area contributed by atoms with Crippen LogP contribution in [0.3, 0.4) is 0 Å². The molecular formula is C23H15BrClNO3. The summed E-state index contributed by atoms with van der Waals surface area (Å²) in [5.41, 5.74) is 2.75. The second-order valence-corrected chi connectivity index (χ2v) is 7.44. The van der Waals surface area contributed by atoms with Crippen LogP contribution < -0.4 is 4.74 Å². The molecule has 0 amide bonds. The van der Waals surface area contributed by atoms with E-state index in [2.05, 4.69) is 22.0 Å². The summed E-state index contributed by atoms with van der Waals surface area (Å²) in [6.07, 6.45) is 1.71. The molecule has 3 rings (SSSR count). The van der Waals surface area contributed by atoms with E-state index in [1.165, 1.54) is 12.1 Å². The third-order valence-corrected chi connectivity index (χ3v) is 5.04. The van der Waals surface area contributed by atoms with Crippen molar-refractivity contribution in [1.82, 2.24) is 0 Å². The number of benzene rings is 3. The minimum atomic E-state index is -1.01. The number of halogens is 2. The lowest BCUT2D eigenvalue weighted by molar-refractivity contribution is 0.0697. The maximum absolute atomic E-state index is 11.0. The zero-order valence-electron chi connectivity index (χ0n) is 15.1. The average Bonchev–Trinajstić information content (AvgIpc) is 2.72. The molecular weight excluding hydrogens is 454 g/mol. The lowest BCUT2D eigenvalue weighted by Gasteiger charge is -2.11. The summed E-state index contributed by atoms with van der Waals surface area (Å²) in [5, 5.41) is 19.3. The molecule has 0 unspecified atom stereocenters. The van der Waals surface area contributed by atoms with Crippen LogP contribution in [0.15, 0.2) is 71.2 Å². The fourth-order valence-corrected chi connectivity index (χ4v) is 3.23. The van der Waals surface area contributed by atoms with Crippen molar-refractivity contribution in [3.05, 3.63) is 98.5 Å². The molecule has 0 radical (unpaired) electrons. The number of carboxylic acid groups (broad SMARTS) is 1. The van der Waals surface area contributed by atoms with Gasteiger partial charge in [0.25, 0.3) is 0 Å². The van der Waals surface area contributed by atoms with Crippen molar-refractivity contribution in [2.24, 2.45) is 0 Å². The molecule has 0 aliphatic heterocycles. The van der Waals surface area contributed by atoms with Crippen LogP contribution in [0.1, 0.15) is 27.0 Å². The molecule has 3 aromatic carbocycles. The van der Waals surface area contributed by atoms with Gasteiger partial charge in [0, 0.05) is 20.6 Å². The Morgan fingerprint density at radius 1 is 1.10 bits per heavy atom. The molecule has 3 aromatic rings. The highest BCUT2D eigenvalue weighted by atomic mass is 79.9. The third kappa shape index (κ3) is 5.26. The Bertz CT molecular complexity index is 1120. The topological polar surface area (TPSA) is 70.3 Å². The summed E-state index contributed by atoms with van der Waals surface area (Å²) in [7, 11) is 0. The largest absolute Gasteiger partial charge is 0.488 e. The number of carboxylic acids is 1. The molecule has 0 atom stereocenters. The van der Waals surface area contributed by atoms with Crippen molar-refractivity contribution in [3.63, 3.8) is 0 Å². The van der Waals surface area contributed by atoms with Gasteiger partial charge in [-0.2, -0.15) is 5.26 Å². The first-order chi connectivity index (χ1) is 14.0. The van der Waals surface area contributed by atoms with Gasteiger partial charge in [-0.15, -0.1) is 0 Å². The Balaban J connectivity index is 1.92. The fraction of sp³-hybridized carbons (Fsp3) is 0.0435. The van der Waals surface area contributed by atoms with E-state index in [0.29, 0.717) is 27.5 Å². The minimum absolute atomic E-state index is 0.164. The van der Waals surface area contributed by atoms with Crippen LogP contribution in [-0.2, 0) is 6.61 Å². The molecule has 4 nitrogen and oxygen atoms in total. The van der Waals surface area contributed by atoms with E-state index in [-0.39, 0.29) is 12.2 Å². The Kier molecular flexibility index (Phi) is 6.71. The molecule has 0 heterocycles. The standard InChI is InChI=1S/C23H15BrClNO3/c24-20-9-10-22(29-14-17-3-1-2-4-21(17)25)18(12-20)11-19(13-26)15-5-7-16(8-6-15)23(27)28/h1-12H,14H2,(H,27,28)/b19-11-. The summed E-state index contributed by atoms with van der Waals surface area (Å²) in [6.45, 7) is 0.289. The maximum Gasteiger partial charge on any atom is 0.335 e. The normalized spacial score (nSPS) is 11.0. The predicted molar refractivity (Wildman–Crippen MR) is 117 cm³/mol. The van der Waals surface area contributed by atoms with Gasteiger partial charge in [-0.25, -0.2) is 4.79 Å². The maximum atomic E-state index is 11.0. The molecule has 1 N–H and O–H groups in total. The van der Waals surface area contributed by atoms with Gasteiger partial charge in [0.1, 0.15) is 12.4 Å². The predicted octanol–water partition coefficient (Wildman–Crippen LogP) is 6.44. The Morgan fingerprint density at radius 2 is 1.79 bits per heavy atom. The zero-order valence-corrected chi connectivity index (χ0v) is 17.4. The van der Waals surface area contributed by atoms with Crippen LogP contribution in [-0.4, -0.2) is 11.1 Å². The van der Waals surface area contributed by atoms with E-state index in [1.54, 1.807) is 24.3 Å². The first-order valence-corrected chi connectivity index (χ1v) is 9.76. The minimum Gasteiger partial charge on any atom is -0.488 e. The molecule has 0 saturated carbocycles. The summed E-state index contributed by atoms with van der Waals surface area (Å²) in [4.78, 5) is 11.0. The number of nitrogens with zero attached hydrogens (tertiary/aromatic N) is 1. The molecule has 0 bridgehead atoms. The second-order valence-electron chi connectivity index (χ2n) is 6.11. The van der Waals surface area contributed by atoms with Gasteiger partial charge in [-0.3, -0.25) is 0 Å². The Labute approximate surface area is 181 Å². The van der Waals surface area contributed by atoms with Crippen LogP contribution in [0.25, 0.3) is 11.6 Å². The number of rotatable bonds is 6. The van der Waals surface area contributed by atoms with Crippen LogP contribution in [0.5, 0.6) is 5.75 Å². The number of hydrogen-bond donors (Lipinski definition) is 1. The van der Waals surface area contributed by atoms with Gasteiger partial charge >= 0.3 is 5.97 Å². The van der Waals surface area contributed by atoms with Gasteiger partial charge in [-0.05, 0) is 48.0 Å². The number of nitriles is 1. The molecule has 0 saturated heterocycles. The molecule has 0 aromatic heterocycles. The lowest BCUT2D eigenvalue weighted by Crippen LogP contribution is -1.98. The Morgan fingerprint density at radius 3 is 2.45 bits per heavy atom. The van der Waals surface area contributed by atoms with Crippen molar-refractivity contribution in [3.8, 4) is 11.8 Å². The highest BCUT2D eigenvalue weighted by molar-refractivity contribution is 9.10. The number of allylic oxidation sites excluding steroid dienone is 1. The molecule has 0 aliphatic rings. The van der Waals surface area contributed by atoms with Crippen LogP contribution in [0.2, 0.25) is 5.02 Å². The average molecular weight is 469 g/mol. The fourth-order valence-electron chi connectivity index (χ4n) is 2.66. The summed E-state index contributed by atoms with van der Waals surface area (Å²) < 4.78 is 6.79. The van der Waals surface area contributed by atoms with Crippen molar-refractivity contribution in [2.75, 3.05) is 0 Å². The molecule has 0 spiro atoms. The van der Waals surface area contributed by atoms with E-state index >= 15 is 0 Å². The molecule has 0 fully saturated rings. The zero-order chi connectivity index (χ0) is 20.8. The number of carbonyl (C=O) groups is 1. The smallest absolute Gasteiger partial charge is 0.335 e. The van der Waals surface area contributed by atoms with Gasteiger partial charge < -0.3 is 9.84 Å². The van der Waals surface area contributed by atoms with E-state index in [0.717, 1.165) is 10.0 Å². The summed E-state index contributed by atoms with van der Waals surface area (Å²) >= 11 is 9.64. The van der Waals surface area contributed by atoms with E-state index in [9.17, 15) is 10.1 Å². The Hall–Kier alpha value is -3.07. The first kappa shape index (κ1) is 20.7. The van der Waals surface area contributed by atoms with Crippen molar-refractivity contribution < 1.29 is 14.6 Å². The summed E-state index contributed by atoms with van der Waals surface area (Å²) in [6, 6.07) is 21.3. The monoisotopic (exact) mass is 467 g/mol. The van der Waals surface area contributed by atoms with Gasteiger partial charge in [0.05, 0.1) is 17.2 Å². The highest BCUT2D eigenvalue weighted by Crippen LogP contribution is 2.29. The molecule has 6 heteroatoms. The number of ether oxygens (including phenoxy) is 1. The van der Waals surface area contributed by atoms with Crippen molar-refractivity contribution >= 4 is 45.1 Å². The van der Waals surface area contributed by atoms with Crippen molar-refractivity contribution in [1.29, 1.82) is 5.26 Å². The van der Waals surface area contributed by atoms with Crippen LogP contribution in [0, 0.1) is 11.3 Å². The van der Waals surface area contributed by atoms with Gasteiger partial charge in [0.2, 0.25) is 0 Å². The van der Waals surface area contributed by atoms with Crippen LogP contribution >= 0.6 is 27.5 Å². The number of hydrogen-bond acceptors (Lipinski definition) is 3. The second kappa shape index (κ2) is 9.42. The third-order valence-electron chi connectivity index (χ3n) is 4.18. The SMILES string of the molecule is N#C/C(=C/c1cc(Br)ccc1OCc1ccccc1Cl)c1ccc(C(=O)O)cc1. The van der Waals surface area contributed by atoms with Crippen molar-refractivity contribution in [2.45, 2.75) is 6.61 Å². The van der Waals surface area contributed by atoms with E-state index in [1.807, 2.05) is 36.4 Å². The van der Waals surface area contributed by atoms with Gasteiger partial charge in [0.15, 0.2) is 0 Å².